The third-order valence-corrected chi connectivity index (χ3v) is 5.59. The minimum Gasteiger partial charge on any atom is -0.484 e. The summed E-state index contributed by atoms with van der Waals surface area (Å²) >= 11 is 6.77. The summed E-state index contributed by atoms with van der Waals surface area (Å²) in [6.45, 7) is 2.09. The van der Waals surface area contributed by atoms with Crippen molar-refractivity contribution in [2.75, 3.05) is 11.9 Å². The lowest BCUT2D eigenvalue weighted by Crippen LogP contribution is -2.37. The van der Waals surface area contributed by atoms with E-state index in [1.54, 1.807) is 23.5 Å². The maximum atomic E-state index is 12.0. The van der Waals surface area contributed by atoms with Crippen molar-refractivity contribution >= 4 is 39.6 Å². The number of carbonyl (C=O) groups is 1. The maximum absolute atomic E-state index is 12.0. The van der Waals surface area contributed by atoms with Crippen LogP contribution in [-0.2, 0) is 17.6 Å². The quantitative estimate of drug-likeness (QED) is 0.786. The first-order chi connectivity index (χ1) is 12.6. The van der Waals surface area contributed by atoms with Gasteiger partial charge in [0.2, 0.25) is 0 Å². The molecule has 0 aliphatic heterocycles. The molecule has 1 aromatic carbocycles. The number of anilines is 1. The van der Waals surface area contributed by atoms with E-state index in [2.05, 4.69) is 23.6 Å². The molecular weight excluding hydrogens is 366 g/mol. The highest BCUT2D eigenvalue weighted by Crippen LogP contribution is 2.39. The van der Waals surface area contributed by atoms with Crippen molar-refractivity contribution in [3.05, 3.63) is 46.3 Å². The number of amides is 1. The van der Waals surface area contributed by atoms with Crippen LogP contribution in [0.1, 0.15) is 29.3 Å². The second kappa shape index (κ2) is 8.30. The van der Waals surface area contributed by atoms with Crippen LogP contribution in [-0.4, -0.2) is 17.6 Å². The number of carbonyl (C=O) groups excluding carboxylic acids is 1. The first-order valence-corrected chi connectivity index (χ1v) is 9.62. The summed E-state index contributed by atoms with van der Waals surface area (Å²) in [6.07, 6.45) is 3.00. The maximum Gasteiger partial charge on any atom is 0.264 e. The van der Waals surface area contributed by atoms with Crippen LogP contribution in [0.2, 0.25) is 0 Å². The molecule has 0 saturated carbocycles. The van der Waals surface area contributed by atoms with Gasteiger partial charge in [-0.1, -0.05) is 25.1 Å². The van der Waals surface area contributed by atoms with Crippen LogP contribution in [0, 0.1) is 17.2 Å². The Morgan fingerprint density at radius 3 is 2.92 bits per heavy atom. The Hall–Kier alpha value is -2.43. The van der Waals surface area contributed by atoms with E-state index >= 15 is 0 Å². The normalized spacial score (nSPS) is 15.5. The molecule has 0 spiro atoms. The van der Waals surface area contributed by atoms with Crippen molar-refractivity contribution in [1.82, 2.24) is 5.32 Å². The Labute approximate surface area is 162 Å². The molecule has 0 fully saturated rings. The fourth-order valence-electron chi connectivity index (χ4n) is 2.92. The summed E-state index contributed by atoms with van der Waals surface area (Å²) in [6, 6.07) is 11.4. The van der Waals surface area contributed by atoms with Crippen molar-refractivity contribution in [2.45, 2.75) is 26.2 Å². The lowest BCUT2D eigenvalue weighted by molar-refractivity contribution is -0.121. The molecule has 1 aliphatic carbocycles. The zero-order valence-corrected chi connectivity index (χ0v) is 16.0. The molecular formula is C19H19N3O2S2. The van der Waals surface area contributed by atoms with Crippen LogP contribution in [0.15, 0.2) is 30.3 Å². The molecule has 5 nitrogen and oxygen atoms in total. The summed E-state index contributed by atoms with van der Waals surface area (Å²) in [4.78, 5) is 13.2. The third kappa shape index (κ3) is 4.40. The van der Waals surface area contributed by atoms with Crippen molar-refractivity contribution in [1.29, 1.82) is 5.26 Å². The molecule has 26 heavy (non-hydrogen) atoms. The summed E-state index contributed by atoms with van der Waals surface area (Å²) < 4.78 is 5.39. The zero-order valence-electron chi connectivity index (χ0n) is 14.4. The van der Waals surface area contributed by atoms with E-state index in [0.29, 0.717) is 22.2 Å². The Kier molecular flexibility index (Phi) is 5.86. The van der Waals surface area contributed by atoms with Gasteiger partial charge >= 0.3 is 0 Å². The highest BCUT2D eigenvalue weighted by atomic mass is 32.1. The van der Waals surface area contributed by atoms with Gasteiger partial charge < -0.3 is 10.1 Å². The highest BCUT2D eigenvalue weighted by Gasteiger charge is 2.24. The number of rotatable bonds is 4. The van der Waals surface area contributed by atoms with Crippen molar-refractivity contribution in [3.63, 3.8) is 0 Å². The van der Waals surface area contributed by atoms with Crippen molar-refractivity contribution in [2.24, 2.45) is 5.92 Å². The van der Waals surface area contributed by atoms with E-state index in [1.165, 1.54) is 4.88 Å². The predicted molar refractivity (Wildman–Crippen MR) is 107 cm³/mol. The van der Waals surface area contributed by atoms with Gasteiger partial charge in [0.05, 0.1) is 5.56 Å². The van der Waals surface area contributed by atoms with Crippen molar-refractivity contribution in [3.8, 4) is 11.8 Å². The second-order valence-corrected chi connectivity index (χ2v) is 7.79. The molecule has 0 bridgehead atoms. The van der Waals surface area contributed by atoms with E-state index in [9.17, 15) is 10.1 Å². The molecule has 1 aliphatic rings. The number of nitriles is 1. The van der Waals surface area contributed by atoms with Gasteiger partial charge in [0.25, 0.3) is 5.91 Å². The van der Waals surface area contributed by atoms with Gasteiger partial charge in [0.15, 0.2) is 11.7 Å². The molecule has 134 valence electrons. The molecule has 7 heteroatoms. The largest absolute Gasteiger partial charge is 0.484 e. The van der Waals surface area contributed by atoms with Gasteiger partial charge in [-0.15, -0.1) is 11.3 Å². The molecule has 3 rings (SSSR count). The van der Waals surface area contributed by atoms with E-state index < -0.39 is 0 Å². The number of benzene rings is 1. The zero-order chi connectivity index (χ0) is 18.5. The molecule has 2 N–H and O–H groups in total. The van der Waals surface area contributed by atoms with Gasteiger partial charge in [-0.05, 0) is 55.1 Å². The molecule has 0 saturated heterocycles. The number of fused-ring (bicyclic) bond motifs is 1. The Morgan fingerprint density at radius 2 is 2.19 bits per heavy atom. The predicted octanol–water partition coefficient (Wildman–Crippen LogP) is 3.64. The van der Waals surface area contributed by atoms with Gasteiger partial charge in [-0.25, -0.2) is 0 Å². The fraction of sp³-hybridized carbons (Fsp3) is 0.316. The van der Waals surface area contributed by atoms with Gasteiger partial charge in [0.1, 0.15) is 16.8 Å². The lowest BCUT2D eigenvalue weighted by Gasteiger charge is -2.17. The summed E-state index contributed by atoms with van der Waals surface area (Å²) in [5, 5.41) is 16.0. The second-order valence-electron chi connectivity index (χ2n) is 6.27. The molecule has 1 atom stereocenters. The number of nitrogens with one attached hydrogen (secondary N) is 2. The minimum atomic E-state index is -0.347. The highest BCUT2D eigenvalue weighted by molar-refractivity contribution is 7.80. The molecule has 1 aromatic heterocycles. The third-order valence-electron chi connectivity index (χ3n) is 4.22. The first kappa shape index (κ1) is 18.4. The van der Waals surface area contributed by atoms with Crippen LogP contribution >= 0.6 is 23.6 Å². The van der Waals surface area contributed by atoms with E-state index in [4.69, 9.17) is 17.0 Å². The van der Waals surface area contributed by atoms with Crippen LogP contribution in [0.4, 0.5) is 5.00 Å². The van der Waals surface area contributed by atoms with Gasteiger partial charge in [0, 0.05) is 4.88 Å². The number of hydrogen-bond acceptors (Lipinski definition) is 5. The monoisotopic (exact) mass is 385 g/mol. The lowest BCUT2D eigenvalue weighted by atomic mass is 9.89. The average molecular weight is 386 g/mol. The number of para-hydroxylation sites is 1. The van der Waals surface area contributed by atoms with E-state index in [-0.39, 0.29) is 17.6 Å². The molecule has 1 amide bonds. The van der Waals surface area contributed by atoms with Crippen LogP contribution in [0.3, 0.4) is 0 Å². The minimum absolute atomic E-state index is 0.130. The number of ether oxygens (including phenoxy) is 1. The van der Waals surface area contributed by atoms with Crippen molar-refractivity contribution < 1.29 is 9.53 Å². The molecule has 1 heterocycles. The molecule has 0 radical (unpaired) electrons. The summed E-state index contributed by atoms with van der Waals surface area (Å²) in [5.41, 5.74) is 1.77. The van der Waals surface area contributed by atoms with Gasteiger partial charge in [-0.3, -0.25) is 10.1 Å². The number of thiophene rings is 1. The number of hydrogen-bond donors (Lipinski definition) is 2. The smallest absolute Gasteiger partial charge is 0.264 e. The number of nitrogens with zero attached hydrogens (tertiary/aromatic N) is 1. The first-order valence-electron chi connectivity index (χ1n) is 8.40. The molecule has 2 aromatic rings. The van der Waals surface area contributed by atoms with Crippen LogP contribution < -0.4 is 15.4 Å². The summed E-state index contributed by atoms with van der Waals surface area (Å²) in [5.74, 6) is 0.899. The standard InChI is InChI=1S/C19H19N3O2S2/c1-12-7-8-14-15(10-20)18(26-16(14)9-12)22-19(25)21-17(23)11-24-13-5-3-2-4-6-13/h2-6,12H,7-9,11H2,1H3,(H2,21,22,23,25). The van der Waals surface area contributed by atoms with E-state index in [0.717, 1.165) is 24.8 Å². The number of thiocarbonyl (C=S) groups is 1. The van der Waals surface area contributed by atoms with Crippen LogP contribution in [0.5, 0.6) is 5.75 Å². The van der Waals surface area contributed by atoms with Gasteiger partial charge in [-0.2, -0.15) is 5.26 Å². The summed E-state index contributed by atoms with van der Waals surface area (Å²) in [7, 11) is 0. The fourth-order valence-corrected chi connectivity index (χ4v) is 4.57. The Balaban J connectivity index is 1.58. The topological polar surface area (TPSA) is 74.2 Å². The molecule has 1 unspecified atom stereocenters. The van der Waals surface area contributed by atoms with Crippen LogP contribution in [0.25, 0.3) is 0 Å². The Morgan fingerprint density at radius 1 is 1.42 bits per heavy atom. The van der Waals surface area contributed by atoms with E-state index in [1.807, 2.05) is 18.2 Å². The average Bonchev–Trinajstić information content (AvgIpc) is 2.96. The Bertz CT molecular complexity index is 856. The SMILES string of the molecule is CC1CCc2c(sc(NC(=S)NC(=O)COc3ccccc3)c2C#N)C1.